The lowest BCUT2D eigenvalue weighted by molar-refractivity contribution is -0.123. The molecule has 0 spiro atoms. The minimum Gasteiger partial charge on any atom is -0.352 e. The topological polar surface area (TPSA) is 72.2 Å². The highest BCUT2D eigenvalue weighted by molar-refractivity contribution is 7.84. The Kier molecular flexibility index (Phi) is 6.01. The average molecular weight is 268 g/mol. The summed E-state index contributed by atoms with van der Waals surface area (Å²) in [5.74, 6) is 0.387. The van der Waals surface area contributed by atoms with Gasteiger partial charge in [-0.1, -0.05) is 30.3 Å². The van der Waals surface area contributed by atoms with Crippen LogP contribution in [-0.4, -0.2) is 28.2 Å². The number of amides is 1. The van der Waals surface area contributed by atoms with Crippen LogP contribution in [0.15, 0.2) is 30.3 Å². The first-order valence-electron chi connectivity index (χ1n) is 5.91. The molecule has 0 saturated carbocycles. The Morgan fingerprint density at radius 3 is 2.56 bits per heavy atom. The minimum atomic E-state index is -0.830. The molecule has 1 amide bonds. The number of nitrogens with two attached hydrogens (primary N) is 1. The maximum atomic E-state index is 11.9. The monoisotopic (exact) mass is 268 g/mol. The van der Waals surface area contributed by atoms with E-state index in [0.717, 1.165) is 5.56 Å². The van der Waals surface area contributed by atoms with Crippen molar-refractivity contribution in [1.29, 1.82) is 0 Å². The number of rotatable bonds is 6. The van der Waals surface area contributed by atoms with E-state index in [4.69, 9.17) is 5.73 Å². The van der Waals surface area contributed by atoms with Crippen LogP contribution in [0.1, 0.15) is 24.9 Å². The summed E-state index contributed by atoms with van der Waals surface area (Å²) in [5, 5.41) is 2.84. The van der Waals surface area contributed by atoms with Gasteiger partial charge in [-0.2, -0.15) is 0 Å². The Hall–Kier alpha value is -1.20. The van der Waals surface area contributed by atoms with Crippen molar-refractivity contribution in [3.05, 3.63) is 35.9 Å². The van der Waals surface area contributed by atoms with Crippen LogP contribution in [0.3, 0.4) is 0 Å². The van der Waals surface area contributed by atoms with Crippen molar-refractivity contribution in [1.82, 2.24) is 5.32 Å². The fraction of sp³-hybridized carbons (Fsp3) is 0.462. The summed E-state index contributed by atoms with van der Waals surface area (Å²) >= 11 is 0. The van der Waals surface area contributed by atoms with Crippen molar-refractivity contribution in [2.75, 3.05) is 12.0 Å². The number of carbonyl (C=O) groups excluding carboxylic acids is 1. The van der Waals surface area contributed by atoms with Gasteiger partial charge in [-0.15, -0.1) is 0 Å². The Morgan fingerprint density at radius 1 is 1.39 bits per heavy atom. The van der Waals surface area contributed by atoms with Gasteiger partial charge < -0.3 is 11.1 Å². The van der Waals surface area contributed by atoms with Crippen LogP contribution < -0.4 is 11.1 Å². The maximum absolute atomic E-state index is 11.9. The number of hydrogen-bond donors (Lipinski definition) is 2. The highest BCUT2D eigenvalue weighted by Gasteiger charge is 2.17. The smallest absolute Gasteiger partial charge is 0.241 e. The first kappa shape index (κ1) is 14.9. The Balaban J connectivity index is 2.47. The van der Waals surface area contributed by atoms with E-state index in [2.05, 4.69) is 5.32 Å². The van der Waals surface area contributed by atoms with Crippen molar-refractivity contribution in [3.63, 3.8) is 0 Å². The van der Waals surface area contributed by atoms with Crippen LogP contribution in [0.25, 0.3) is 0 Å². The molecule has 0 bridgehead atoms. The molecule has 5 heteroatoms. The fourth-order valence-corrected chi connectivity index (χ4v) is 2.24. The SMILES string of the molecule is CC(CCS(C)=O)NC(=O)[C@@H](N)c1ccccc1. The summed E-state index contributed by atoms with van der Waals surface area (Å²) in [6.07, 6.45) is 2.35. The second-order valence-electron chi connectivity index (χ2n) is 4.36. The predicted molar refractivity (Wildman–Crippen MR) is 74.5 cm³/mol. The number of hydrogen-bond acceptors (Lipinski definition) is 3. The van der Waals surface area contributed by atoms with Crippen LogP contribution in [0.5, 0.6) is 0 Å². The Morgan fingerprint density at radius 2 is 2.00 bits per heavy atom. The van der Waals surface area contributed by atoms with E-state index in [0.29, 0.717) is 12.2 Å². The van der Waals surface area contributed by atoms with Gasteiger partial charge in [0, 0.05) is 28.9 Å². The van der Waals surface area contributed by atoms with Crippen molar-refractivity contribution >= 4 is 16.7 Å². The molecule has 3 atom stereocenters. The zero-order valence-corrected chi connectivity index (χ0v) is 11.6. The average Bonchev–Trinajstić information content (AvgIpc) is 2.36. The van der Waals surface area contributed by atoms with E-state index >= 15 is 0 Å². The molecule has 1 rings (SSSR count). The lowest BCUT2D eigenvalue weighted by Gasteiger charge is -2.17. The molecule has 3 N–H and O–H groups in total. The van der Waals surface area contributed by atoms with Gasteiger partial charge in [-0.3, -0.25) is 9.00 Å². The minimum absolute atomic E-state index is 0.0174. The third kappa shape index (κ3) is 4.98. The van der Waals surface area contributed by atoms with E-state index in [1.165, 1.54) is 0 Å². The van der Waals surface area contributed by atoms with Crippen LogP contribution in [0.2, 0.25) is 0 Å². The van der Waals surface area contributed by atoms with Crippen LogP contribution >= 0.6 is 0 Å². The van der Waals surface area contributed by atoms with Crippen molar-refractivity contribution in [2.24, 2.45) is 5.73 Å². The largest absolute Gasteiger partial charge is 0.352 e. The van der Waals surface area contributed by atoms with Crippen molar-refractivity contribution in [3.8, 4) is 0 Å². The third-order valence-electron chi connectivity index (χ3n) is 2.67. The Labute approximate surface area is 110 Å². The van der Waals surface area contributed by atoms with Crippen molar-refractivity contribution in [2.45, 2.75) is 25.4 Å². The molecule has 0 aliphatic heterocycles. The summed E-state index contributed by atoms with van der Waals surface area (Å²) in [6.45, 7) is 1.89. The summed E-state index contributed by atoms with van der Waals surface area (Å²) in [4.78, 5) is 11.9. The molecule has 4 nitrogen and oxygen atoms in total. The number of benzene rings is 1. The first-order chi connectivity index (χ1) is 8.50. The lowest BCUT2D eigenvalue weighted by atomic mass is 10.1. The van der Waals surface area contributed by atoms with E-state index in [1.54, 1.807) is 6.26 Å². The maximum Gasteiger partial charge on any atom is 0.241 e. The van der Waals surface area contributed by atoms with Gasteiger partial charge in [0.15, 0.2) is 0 Å². The molecule has 0 aliphatic rings. The molecule has 18 heavy (non-hydrogen) atoms. The highest BCUT2D eigenvalue weighted by Crippen LogP contribution is 2.09. The van der Waals surface area contributed by atoms with Crippen LogP contribution in [-0.2, 0) is 15.6 Å². The first-order valence-corrected chi connectivity index (χ1v) is 7.64. The summed E-state index contributed by atoms with van der Waals surface area (Å²) in [5.41, 5.74) is 6.66. The Bertz CT molecular complexity index is 409. The van der Waals surface area contributed by atoms with Gasteiger partial charge >= 0.3 is 0 Å². The summed E-state index contributed by atoms with van der Waals surface area (Å²) < 4.78 is 11.0. The molecule has 2 unspecified atom stereocenters. The molecule has 0 heterocycles. The van der Waals surface area contributed by atoms with E-state index in [9.17, 15) is 9.00 Å². The van der Waals surface area contributed by atoms with Gasteiger partial charge in [0.2, 0.25) is 5.91 Å². The van der Waals surface area contributed by atoms with Gasteiger partial charge in [0.1, 0.15) is 6.04 Å². The third-order valence-corrected chi connectivity index (χ3v) is 3.48. The normalized spacial score (nSPS) is 15.7. The van der Waals surface area contributed by atoms with Gasteiger partial charge in [-0.05, 0) is 18.9 Å². The molecule has 0 radical (unpaired) electrons. The summed E-state index contributed by atoms with van der Waals surface area (Å²) in [6, 6.07) is 8.58. The van der Waals surface area contributed by atoms with Gasteiger partial charge in [0.05, 0.1) is 0 Å². The second-order valence-corrected chi connectivity index (χ2v) is 5.92. The van der Waals surface area contributed by atoms with Gasteiger partial charge in [-0.25, -0.2) is 0 Å². The van der Waals surface area contributed by atoms with Gasteiger partial charge in [0.25, 0.3) is 0 Å². The molecule has 0 fully saturated rings. The van der Waals surface area contributed by atoms with E-state index in [1.807, 2.05) is 37.3 Å². The molecule has 0 aromatic heterocycles. The second kappa shape index (κ2) is 7.28. The van der Waals surface area contributed by atoms with E-state index in [-0.39, 0.29) is 11.9 Å². The number of nitrogens with one attached hydrogen (secondary N) is 1. The van der Waals surface area contributed by atoms with Crippen LogP contribution in [0, 0.1) is 0 Å². The van der Waals surface area contributed by atoms with E-state index < -0.39 is 16.8 Å². The molecule has 0 saturated heterocycles. The fourth-order valence-electron chi connectivity index (χ4n) is 1.56. The highest BCUT2D eigenvalue weighted by atomic mass is 32.2. The lowest BCUT2D eigenvalue weighted by Crippen LogP contribution is -2.39. The predicted octanol–water partition coefficient (Wildman–Crippen LogP) is 0.960. The molecule has 1 aromatic carbocycles. The number of carbonyl (C=O) groups is 1. The van der Waals surface area contributed by atoms with Crippen LogP contribution in [0.4, 0.5) is 0 Å². The zero-order chi connectivity index (χ0) is 13.5. The molecular weight excluding hydrogens is 248 g/mol. The molecule has 1 aromatic rings. The zero-order valence-electron chi connectivity index (χ0n) is 10.8. The molecule has 100 valence electrons. The summed E-state index contributed by atoms with van der Waals surface area (Å²) in [7, 11) is -0.830. The molecule has 0 aliphatic carbocycles. The quantitative estimate of drug-likeness (QED) is 0.807. The van der Waals surface area contributed by atoms with Crippen molar-refractivity contribution < 1.29 is 9.00 Å². The standard InChI is InChI=1S/C13H20N2O2S/c1-10(8-9-18(2)17)15-13(16)12(14)11-6-4-3-5-7-11/h3-7,10,12H,8-9,14H2,1-2H3,(H,15,16)/t10?,12-,18?/m0/s1. The molecular formula is C13H20N2O2S.